The van der Waals surface area contributed by atoms with E-state index in [0.717, 1.165) is 18.4 Å². The summed E-state index contributed by atoms with van der Waals surface area (Å²) in [5.74, 6) is 1.03. The zero-order chi connectivity index (χ0) is 19.7. The summed E-state index contributed by atoms with van der Waals surface area (Å²) in [4.78, 5) is 12.4. The van der Waals surface area contributed by atoms with Gasteiger partial charge in [-0.05, 0) is 66.1 Å². The standard InChI is InChI=1S/C24H29NO3/c1-24-12-4-2-3-5-18(23(24)25)14-17-8-11-20(15-21(17)24)28-22(27)13-16-6-9-19(26)10-7-16/h6-11,15,18,23,26H,2-5,12-14,25H2,1H3/t18-,23-,24+/m0/s1. The summed E-state index contributed by atoms with van der Waals surface area (Å²) in [6.07, 6.45) is 7.24. The fourth-order valence-electron chi connectivity index (χ4n) is 5.04. The number of hydrogen-bond acceptors (Lipinski definition) is 4. The number of benzene rings is 2. The van der Waals surface area contributed by atoms with E-state index in [0.29, 0.717) is 11.7 Å². The molecule has 148 valence electrons. The van der Waals surface area contributed by atoms with Gasteiger partial charge in [-0.3, -0.25) is 4.79 Å². The fourth-order valence-corrected chi connectivity index (χ4v) is 5.04. The average Bonchev–Trinajstić information content (AvgIpc) is 2.67. The molecule has 0 aromatic heterocycles. The molecule has 4 nitrogen and oxygen atoms in total. The van der Waals surface area contributed by atoms with Crippen LogP contribution in [0.15, 0.2) is 42.5 Å². The Morgan fingerprint density at radius 2 is 1.96 bits per heavy atom. The molecular weight excluding hydrogens is 350 g/mol. The number of ether oxygens (including phenoxy) is 1. The number of fused-ring (bicyclic) bond motifs is 4. The van der Waals surface area contributed by atoms with Crippen LogP contribution in [0.1, 0.15) is 55.7 Å². The molecule has 0 aliphatic heterocycles. The molecule has 0 radical (unpaired) electrons. The molecule has 0 spiro atoms. The highest BCUT2D eigenvalue weighted by Gasteiger charge is 2.43. The third-order valence-electron chi connectivity index (χ3n) is 6.71. The van der Waals surface area contributed by atoms with Gasteiger partial charge in [0.1, 0.15) is 11.5 Å². The van der Waals surface area contributed by atoms with Crippen LogP contribution in [0.3, 0.4) is 0 Å². The summed E-state index contributed by atoms with van der Waals surface area (Å²) in [6.45, 7) is 2.29. The lowest BCUT2D eigenvalue weighted by molar-refractivity contribution is -0.133. The van der Waals surface area contributed by atoms with Gasteiger partial charge in [-0.15, -0.1) is 0 Å². The summed E-state index contributed by atoms with van der Waals surface area (Å²) in [7, 11) is 0. The Morgan fingerprint density at radius 1 is 1.18 bits per heavy atom. The quantitative estimate of drug-likeness (QED) is 0.617. The first kappa shape index (κ1) is 19.0. The molecule has 3 atom stereocenters. The van der Waals surface area contributed by atoms with E-state index < -0.39 is 0 Å². The second kappa shape index (κ2) is 7.59. The van der Waals surface area contributed by atoms with E-state index >= 15 is 0 Å². The summed E-state index contributed by atoms with van der Waals surface area (Å²) in [6, 6.07) is 12.9. The lowest BCUT2D eigenvalue weighted by Crippen LogP contribution is -2.52. The van der Waals surface area contributed by atoms with Crippen LogP contribution < -0.4 is 10.5 Å². The molecule has 2 aliphatic carbocycles. The summed E-state index contributed by atoms with van der Waals surface area (Å²) >= 11 is 0. The van der Waals surface area contributed by atoms with Gasteiger partial charge in [0.05, 0.1) is 6.42 Å². The van der Waals surface area contributed by atoms with Crippen molar-refractivity contribution in [2.24, 2.45) is 11.7 Å². The third-order valence-corrected chi connectivity index (χ3v) is 6.71. The number of aromatic hydroxyl groups is 1. The summed E-state index contributed by atoms with van der Waals surface area (Å²) < 4.78 is 5.65. The SMILES string of the molecule is C[C@@]12CCCCC[C@@H](Cc3ccc(OC(=O)Cc4ccc(O)cc4)cc31)[C@@H]2N. The molecule has 2 bridgehead atoms. The van der Waals surface area contributed by atoms with Gasteiger partial charge in [-0.2, -0.15) is 0 Å². The maximum atomic E-state index is 12.4. The van der Waals surface area contributed by atoms with Crippen molar-refractivity contribution in [1.29, 1.82) is 0 Å². The van der Waals surface area contributed by atoms with Gasteiger partial charge in [-0.25, -0.2) is 0 Å². The highest BCUT2D eigenvalue weighted by atomic mass is 16.5. The molecule has 1 fully saturated rings. The number of esters is 1. The van der Waals surface area contributed by atoms with Crippen LogP contribution in [-0.4, -0.2) is 17.1 Å². The van der Waals surface area contributed by atoms with Crippen LogP contribution in [0.25, 0.3) is 0 Å². The smallest absolute Gasteiger partial charge is 0.315 e. The molecule has 0 amide bonds. The molecule has 0 unspecified atom stereocenters. The van der Waals surface area contributed by atoms with Gasteiger partial charge in [-0.1, -0.05) is 44.4 Å². The first-order chi connectivity index (χ1) is 13.5. The van der Waals surface area contributed by atoms with Crippen molar-refractivity contribution in [2.45, 2.75) is 63.3 Å². The molecule has 4 heteroatoms. The van der Waals surface area contributed by atoms with E-state index in [9.17, 15) is 9.90 Å². The minimum atomic E-state index is -0.300. The predicted molar refractivity (Wildman–Crippen MR) is 109 cm³/mol. The Labute approximate surface area is 166 Å². The number of phenols is 1. The van der Waals surface area contributed by atoms with E-state index in [-0.39, 0.29) is 29.6 Å². The van der Waals surface area contributed by atoms with Crippen molar-refractivity contribution in [3.05, 3.63) is 59.2 Å². The number of carbonyl (C=O) groups is 1. The van der Waals surface area contributed by atoms with E-state index in [1.807, 2.05) is 12.1 Å². The minimum absolute atomic E-state index is 0.0575. The Kier molecular flexibility index (Phi) is 5.15. The van der Waals surface area contributed by atoms with Crippen LogP contribution in [0.4, 0.5) is 0 Å². The Hall–Kier alpha value is -2.33. The molecule has 0 saturated heterocycles. The van der Waals surface area contributed by atoms with E-state index in [2.05, 4.69) is 13.0 Å². The third kappa shape index (κ3) is 3.66. The van der Waals surface area contributed by atoms with Gasteiger partial charge in [0.2, 0.25) is 0 Å². The largest absolute Gasteiger partial charge is 0.508 e. The van der Waals surface area contributed by atoms with Crippen molar-refractivity contribution >= 4 is 5.97 Å². The molecule has 4 rings (SSSR count). The maximum absolute atomic E-state index is 12.4. The lowest BCUT2D eigenvalue weighted by Gasteiger charge is -2.47. The number of carbonyl (C=O) groups excluding carboxylic acids is 1. The Balaban J connectivity index is 1.55. The van der Waals surface area contributed by atoms with Gasteiger partial charge < -0.3 is 15.6 Å². The zero-order valence-corrected chi connectivity index (χ0v) is 16.5. The number of hydrogen-bond donors (Lipinski definition) is 2. The molecule has 2 aromatic rings. The first-order valence-electron chi connectivity index (χ1n) is 10.3. The van der Waals surface area contributed by atoms with Crippen LogP contribution in [-0.2, 0) is 23.1 Å². The van der Waals surface area contributed by atoms with Crippen LogP contribution in [0.5, 0.6) is 11.5 Å². The lowest BCUT2D eigenvalue weighted by atomic mass is 9.60. The van der Waals surface area contributed by atoms with E-state index in [1.54, 1.807) is 24.3 Å². The molecule has 28 heavy (non-hydrogen) atoms. The topological polar surface area (TPSA) is 72.5 Å². The van der Waals surface area contributed by atoms with Crippen molar-refractivity contribution in [3.63, 3.8) is 0 Å². The van der Waals surface area contributed by atoms with Gasteiger partial charge in [0, 0.05) is 11.5 Å². The Bertz CT molecular complexity index is 861. The monoisotopic (exact) mass is 379 g/mol. The molecule has 2 aliphatic rings. The molecular formula is C24H29NO3. The van der Waals surface area contributed by atoms with Crippen molar-refractivity contribution in [2.75, 3.05) is 0 Å². The van der Waals surface area contributed by atoms with Gasteiger partial charge in [0.15, 0.2) is 0 Å². The highest BCUT2D eigenvalue weighted by Crippen LogP contribution is 2.46. The highest BCUT2D eigenvalue weighted by molar-refractivity contribution is 5.75. The number of nitrogens with two attached hydrogens (primary N) is 1. The van der Waals surface area contributed by atoms with Crippen molar-refractivity contribution in [3.8, 4) is 11.5 Å². The van der Waals surface area contributed by atoms with Gasteiger partial charge >= 0.3 is 5.97 Å². The fraction of sp³-hybridized carbons (Fsp3) is 0.458. The first-order valence-corrected chi connectivity index (χ1v) is 10.3. The number of phenolic OH excluding ortho intramolecular Hbond substituents is 1. The second-order valence-electron chi connectivity index (χ2n) is 8.64. The normalized spacial score (nSPS) is 26.6. The Morgan fingerprint density at radius 3 is 2.75 bits per heavy atom. The van der Waals surface area contributed by atoms with E-state index in [1.165, 1.54) is 36.8 Å². The van der Waals surface area contributed by atoms with Crippen molar-refractivity contribution < 1.29 is 14.6 Å². The summed E-state index contributed by atoms with van der Waals surface area (Å²) in [5, 5.41) is 9.37. The minimum Gasteiger partial charge on any atom is -0.508 e. The van der Waals surface area contributed by atoms with Crippen LogP contribution in [0.2, 0.25) is 0 Å². The van der Waals surface area contributed by atoms with Crippen molar-refractivity contribution in [1.82, 2.24) is 0 Å². The molecule has 2 aromatic carbocycles. The summed E-state index contributed by atoms with van der Waals surface area (Å²) in [5.41, 5.74) is 10.1. The predicted octanol–water partition coefficient (Wildman–Crippen LogP) is 4.26. The van der Waals surface area contributed by atoms with Crippen LogP contribution >= 0.6 is 0 Å². The molecule has 0 heterocycles. The molecule has 3 N–H and O–H groups in total. The maximum Gasteiger partial charge on any atom is 0.315 e. The average molecular weight is 380 g/mol. The molecule has 1 saturated carbocycles. The second-order valence-corrected chi connectivity index (χ2v) is 8.64. The van der Waals surface area contributed by atoms with Crippen LogP contribution in [0, 0.1) is 5.92 Å². The number of rotatable bonds is 3. The van der Waals surface area contributed by atoms with E-state index in [4.69, 9.17) is 10.5 Å². The van der Waals surface area contributed by atoms with Gasteiger partial charge in [0.25, 0.3) is 0 Å². The zero-order valence-electron chi connectivity index (χ0n) is 16.5.